The van der Waals surface area contributed by atoms with Gasteiger partial charge in [-0.2, -0.15) is 5.26 Å². The van der Waals surface area contributed by atoms with Crippen LogP contribution in [0.25, 0.3) is 11.8 Å². The van der Waals surface area contributed by atoms with Crippen molar-refractivity contribution < 1.29 is 14.3 Å². The number of aromatic nitrogens is 1. The highest BCUT2D eigenvalue weighted by atomic mass is 16.5. The second-order valence-corrected chi connectivity index (χ2v) is 7.42. The number of benzene rings is 2. The zero-order chi connectivity index (χ0) is 24.0. The van der Waals surface area contributed by atoms with E-state index in [1.165, 1.54) is 0 Å². The number of aryl methyl sites for hydroxylation is 1. The van der Waals surface area contributed by atoms with Gasteiger partial charge in [0, 0.05) is 34.9 Å². The first-order chi connectivity index (χ1) is 15.9. The number of carbonyl (C=O) groups is 2. The Morgan fingerprint density at radius 2 is 1.85 bits per heavy atom. The molecule has 0 aliphatic heterocycles. The Hall–Kier alpha value is -4.31. The van der Waals surface area contributed by atoms with Crippen LogP contribution in [0, 0.1) is 25.2 Å². The number of hydrogen-bond acceptors (Lipinski definition) is 4. The lowest BCUT2D eigenvalue weighted by molar-refractivity contribution is -0.112. The monoisotopic (exact) mass is 442 g/mol. The minimum absolute atomic E-state index is 0.0339. The van der Waals surface area contributed by atoms with Crippen molar-refractivity contribution in [1.29, 1.82) is 5.26 Å². The number of nitrogens with zero attached hydrogens (tertiary/aromatic N) is 2. The van der Waals surface area contributed by atoms with E-state index in [4.69, 9.17) is 4.74 Å². The number of anilines is 1. The maximum absolute atomic E-state index is 12.8. The molecule has 0 aliphatic carbocycles. The molecule has 1 heterocycles. The molecule has 0 radical (unpaired) electrons. The summed E-state index contributed by atoms with van der Waals surface area (Å²) in [6.07, 6.45) is 1.57. The molecule has 168 valence electrons. The standard InChI is InChI=1S/C26H26N4O3/c1-5-28-25(31)19-7-6-8-22(15-19)29-26(32)21(16-27)14-20-13-17(2)30(18(20)3)23-9-11-24(33-4)12-10-23/h6-15H,5H2,1-4H3,(H,28,31)(H,29,32)/b21-14+. The molecule has 0 saturated heterocycles. The lowest BCUT2D eigenvalue weighted by atomic mass is 10.1. The topological polar surface area (TPSA) is 96.2 Å². The molecule has 1 aromatic heterocycles. The van der Waals surface area contributed by atoms with Gasteiger partial charge in [0.15, 0.2) is 0 Å². The Balaban J connectivity index is 1.86. The molecular weight excluding hydrogens is 416 g/mol. The third kappa shape index (κ3) is 5.31. The Bertz CT molecular complexity index is 1250. The van der Waals surface area contributed by atoms with Gasteiger partial charge < -0.3 is 19.9 Å². The number of rotatable bonds is 7. The van der Waals surface area contributed by atoms with Gasteiger partial charge in [0.1, 0.15) is 17.4 Å². The third-order valence-electron chi connectivity index (χ3n) is 5.19. The smallest absolute Gasteiger partial charge is 0.266 e. The fourth-order valence-electron chi connectivity index (χ4n) is 3.57. The average molecular weight is 443 g/mol. The lowest BCUT2D eigenvalue weighted by Crippen LogP contribution is -2.22. The molecule has 33 heavy (non-hydrogen) atoms. The van der Waals surface area contributed by atoms with E-state index in [0.29, 0.717) is 17.8 Å². The summed E-state index contributed by atoms with van der Waals surface area (Å²) in [6, 6.07) is 18.2. The molecule has 7 heteroatoms. The van der Waals surface area contributed by atoms with E-state index in [-0.39, 0.29) is 11.5 Å². The van der Waals surface area contributed by atoms with Gasteiger partial charge in [0.05, 0.1) is 7.11 Å². The normalized spacial score (nSPS) is 10.9. The largest absolute Gasteiger partial charge is 0.497 e. The van der Waals surface area contributed by atoms with Crippen LogP contribution >= 0.6 is 0 Å². The number of carbonyl (C=O) groups excluding carboxylic acids is 2. The van der Waals surface area contributed by atoms with Gasteiger partial charge >= 0.3 is 0 Å². The highest BCUT2D eigenvalue weighted by molar-refractivity contribution is 6.10. The molecule has 0 bridgehead atoms. The highest BCUT2D eigenvalue weighted by Gasteiger charge is 2.15. The predicted molar refractivity (Wildman–Crippen MR) is 128 cm³/mol. The van der Waals surface area contributed by atoms with E-state index < -0.39 is 5.91 Å². The molecule has 0 aliphatic rings. The Morgan fingerprint density at radius 1 is 1.12 bits per heavy atom. The van der Waals surface area contributed by atoms with Crippen molar-refractivity contribution in [3.63, 3.8) is 0 Å². The van der Waals surface area contributed by atoms with Crippen LogP contribution in [0.4, 0.5) is 5.69 Å². The molecule has 2 amide bonds. The SMILES string of the molecule is CCNC(=O)c1cccc(NC(=O)/C(C#N)=C/c2cc(C)n(-c3ccc(OC)cc3)c2C)c1. The molecule has 2 aromatic carbocycles. The van der Waals surface area contributed by atoms with E-state index in [2.05, 4.69) is 10.6 Å². The molecule has 2 N–H and O–H groups in total. The molecule has 0 saturated carbocycles. The summed E-state index contributed by atoms with van der Waals surface area (Å²) in [6.45, 7) is 6.24. The van der Waals surface area contributed by atoms with Crippen molar-refractivity contribution in [2.45, 2.75) is 20.8 Å². The summed E-state index contributed by atoms with van der Waals surface area (Å²) in [7, 11) is 1.62. The maximum Gasteiger partial charge on any atom is 0.266 e. The van der Waals surface area contributed by atoms with E-state index in [1.807, 2.05) is 61.7 Å². The van der Waals surface area contributed by atoms with E-state index in [1.54, 1.807) is 37.5 Å². The second-order valence-electron chi connectivity index (χ2n) is 7.42. The number of nitriles is 1. The van der Waals surface area contributed by atoms with E-state index >= 15 is 0 Å². The van der Waals surface area contributed by atoms with Crippen LogP contribution in [0.2, 0.25) is 0 Å². The summed E-state index contributed by atoms with van der Waals surface area (Å²) >= 11 is 0. The minimum Gasteiger partial charge on any atom is -0.497 e. The van der Waals surface area contributed by atoms with Crippen molar-refractivity contribution in [3.05, 3.63) is 82.7 Å². The van der Waals surface area contributed by atoms with Gasteiger partial charge in [-0.05, 0) is 80.9 Å². The van der Waals surface area contributed by atoms with Gasteiger partial charge in [-0.1, -0.05) is 6.07 Å². The van der Waals surface area contributed by atoms with Crippen LogP contribution in [-0.2, 0) is 4.79 Å². The van der Waals surface area contributed by atoms with Gasteiger partial charge in [-0.25, -0.2) is 0 Å². The number of amides is 2. The fourth-order valence-corrected chi connectivity index (χ4v) is 3.57. The quantitative estimate of drug-likeness (QED) is 0.419. The third-order valence-corrected chi connectivity index (χ3v) is 5.19. The molecule has 0 fully saturated rings. The number of hydrogen-bond donors (Lipinski definition) is 2. The van der Waals surface area contributed by atoms with Crippen molar-refractivity contribution in [2.75, 3.05) is 19.0 Å². The minimum atomic E-state index is -0.542. The molecule has 7 nitrogen and oxygen atoms in total. The van der Waals surface area contributed by atoms with Gasteiger partial charge in [0.25, 0.3) is 11.8 Å². The maximum atomic E-state index is 12.8. The number of methoxy groups -OCH3 is 1. The first-order valence-electron chi connectivity index (χ1n) is 10.5. The zero-order valence-corrected chi connectivity index (χ0v) is 19.1. The second kappa shape index (κ2) is 10.3. The number of ether oxygens (including phenoxy) is 1. The molecule has 3 rings (SSSR count). The summed E-state index contributed by atoms with van der Waals surface area (Å²) in [5.41, 5.74) is 4.43. The predicted octanol–water partition coefficient (Wildman–Crippen LogP) is 4.40. The van der Waals surface area contributed by atoms with Crippen LogP contribution < -0.4 is 15.4 Å². The molecular formula is C26H26N4O3. The van der Waals surface area contributed by atoms with E-state index in [0.717, 1.165) is 28.4 Å². The van der Waals surface area contributed by atoms with Crippen molar-refractivity contribution >= 4 is 23.6 Å². The van der Waals surface area contributed by atoms with Crippen LogP contribution in [0.15, 0.2) is 60.2 Å². The van der Waals surface area contributed by atoms with Crippen molar-refractivity contribution in [1.82, 2.24) is 9.88 Å². The van der Waals surface area contributed by atoms with E-state index in [9.17, 15) is 14.9 Å². The summed E-state index contributed by atoms with van der Waals surface area (Å²) in [5.74, 6) is -0.00330. The van der Waals surface area contributed by atoms with Crippen molar-refractivity contribution in [2.24, 2.45) is 0 Å². The molecule has 0 spiro atoms. The fraction of sp³-hybridized carbons (Fsp3) is 0.192. The highest BCUT2D eigenvalue weighted by Crippen LogP contribution is 2.24. The summed E-state index contributed by atoms with van der Waals surface area (Å²) in [4.78, 5) is 24.8. The van der Waals surface area contributed by atoms with Gasteiger partial charge in [-0.3, -0.25) is 9.59 Å². The lowest BCUT2D eigenvalue weighted by Gasteiger charge is -2.10. The van der Waals surface area contributed by atoms with Crippen LogP contribution in [-0.4, -0.2) is 30.0 Å². The molecule has 3 aromatic rings. The van der Waals surface area contributed by atoms with Crippen LogP contribution in [0.3, 0.4) is 0 Å². The first kappa shape index (κ1) is 23.4. The van der Waals surface area contributed by atoms with Crippen LogP contribution in [0.5, 0.6) is 5.75 Å². The average Bonchev–Trinajstić information content (AvgIpc) is 3.10. The van der Waals surface area contributed by atoms with Gasteiger partial charge in [0.2, 0.25) is 0 Å². The Labute approximate surface area is 193 Å². The summed E-state index contributed by atoms with van der Waals surface area (Å²) < 4.78 is 7.27. The zero-order valence-electron chi connectivity index (χ0n) is 19.1. The van der Waals surface area contributed by atoms with Crippen molar-refractivity contribution in [3.8, 4) is 17.5 Å². The number of nitrogens with one attached hydrogen (secondary N) is 2. The first-order valence-corrected chi connectivity index (χ1v) is 10.5. The Morgan fingerprint density at radius 3 is 2.48 bits per heavy atom. The molecule has 0 atom stereocenters. The summed E-state index contributed by atoms with van der Waals surface area (Å²) in [5, 5.41) is 15.0. The van der Waals surface area contributed by atoms with Crippen LogP contribution in [0.1, 0.15) is 34.2 Å². The van der Waals surface area contributed by atoms with Gasteiger partial charge in [-0.15, -0.1) is 0 Å². The Kier molecular flexibility index (Phi) is 7.31. The molecule has 0 unspecified atom stereocenters.